The molecule has 7 heteroatoms. The predicted octanol–water partition coefficient (Wildman–Crippen LogP) is 2.93. The van der Waals surface area contributed by atoms with Crippen molar-refractivity contribution in [2.75, 3.05) is 11.9 Å². The van der Waals surface area contributed by atoms with Crippen LogP contribution in [0.4, 0.5) is 0 Å². The van der Waals surface area contributed by atoms with E-state index in [4.69, 9.17) is 0 Å². The van der Waals surface area contributed by atoms with Crippen LogP contribution in [0.5, 0.6) is 0 Å². The van der Waals surface area contributed by atoms with E-state index in [2.05, 4.69) is 41.6 Å². The van der Waals surface area contributed by atoms with Gasteiger partial charge in [-0.2, -0.15) is 0 Å². The molecule has 1 aliphatic carbocycles. The lowest BCUT2D eigenvalue weighted by Gasteiger charge is -2.17. The van der Waals surface area contributed by atoms with Gasteiger partial charge >= 0.3 is 0 Å². The molecule has 1 aromatic rings. The normalized spacial score (nSPS) is 23.7. The maximum Gasteiger partial charge on any atom is 0.242 e. The molecule has 4 nitrogen and oxygen atoms in total. The molecule has 106 valence electrons. The minimum Gasteiger partial charge on any atom is -0.262 e. The molecule has 0 spiro atoms. The van der Waals surface area contributed by atoms with Crippen molar-refractivity contribution in [2.24, 2.45) is 11.8 Å². The summed E-state index contributed by atoms with van der Waals surface area (Å²) >= 11 is 6.73. The molecule has 0 saturated heterocycles. The summed E-state index contributed by atoms with van der Waals surface area (Å²) in [4.78, 5) is 4.09. The lowest BCUT2D eigenvalue weighted by molar-refractivity contribution is 0.422. The molecule has 0 amide bonds. The van der Waals surface area contributed by atoms with Crippen LogP contribution >= 0.6 is 31.9 Å². The molecule has 0 radical (unpaired) electrons. The molecule has 1 saturated carbocycles. The van der Waals surface area contributed by atoms with E-state index in [1.165, 1.54) is 19.0 Å². The second kappa shape index (κ2) is 6.65. The minimum atomic E-state index is -3.46. The SMILES string of the molecule is O=S(=O)(NCC1CCCC1CBr)c1cncc(Br)c1. The van der Waals surface area contributed by atoms with Gasteiger partial charge in [0.05, 0.1) is 0 Å². The maximum absolute atomic E-state index is 12.2. The third-order valence-corrected chi connectivity index (χ3v) is 6.20. The summed E-state index contributed by atoms with van der Waals surface area (Å²) in [5.41, 5.74) is 0. The van der Waals surface area contributed by atoms with Crippen molar-refractivity contribution in [3.63, 3.8) is 0 Å². The van der Waals surface area contributed by atoms with Gasteiger partial charge in [0.1, 0.15) is 4.90 Å². The van der Waals surface area contributed by atoms with Gasteiger partial charge in [-0.1, -0.05) is 22.4 Å². The zero-order valence-corrected chi connectivity index (χ0v) is 14.3. The van der Waals surface area contributed by atoms with Crippen molar-refractivity contribution in [3.8, 4) is 0 Å². The molecule has 1 N–H and O–H groups in total. The van der Waals surface area contributed by atoms with Gasteiger partial charge in [-0.15, -0.1) is 0 Å². The molecule has 1 aliphatic rings. The van der Waals surface area contributed by atoms with Gasteiger partial charge < -0.3 is 0 Å². The number of alkyl halides is 1. The van der Waals surface area contributed by atoms with Crippen molar-refractivity contribution >= 4 is 41.9 Å². The number of rotatable bonds is 5. The Balaban J connectivity index is 2.02. The van der Waals surface area contributed by atoms with Crippen LogP contribution in [0.3, 0.4) is 0 Å². The number of sulfonamides is 1. The van der Waals surface area contributed by atoms with E-state index >= 15 is 0 Å². The monoisotopic (exact) mass is 410 g/mol. The van der Waals surface area contributed by atoms with Crippen LogP contribution in [0.1, 0.15) is 19.3 Å². The average Bonchev–Trinajstić information content (AvgIpc) is 2.84. The lowest BCUT2D eigenvalue weighted by Crippen LogP contribution is -2.31. The summed E-state index contributed by atoms with van der Waals surface area (Å²) in [5.74, 6) is 0.998. The van der Waals surface area contributed by atoms with Crippen LogP contribution in [0.15, 0.2) is 27.8 Å². The van der Waals surface area contributed by atoms with Crippen molar-refractivity contribution in [1.29, 1.82) is 0 Å². The first kappa shape index (κ1) is 15.4. The van der Waals surface area contributed by atoms with E-state index in [0.29, 0.717) is 22.9 Å². The van der Waals surface area contributed by atoms with E-state index in [1.54, 1.807) is 12.3 Å². The third kappa shape index (κ3) is 4.00. The van der Waals surface area contributed by atoms with Crippen LogP contribution in [0, 0.1) is 11.8 Å². The topological polar surface area (TPSA) is 59.1 Å². The van der Waals surface area contributed by atoms with Gasteiger partial charge in [0.15, 0.2) is 0 Å². The summed E-state index contributed by atoms with van der Waals surface area (Å²) in [7, 11) is -3.46. The van der Waals surface area contributed by atoms with Gasteiger partial charge in [0.25, 0.3) is 0 Å². The zero-order valence-electron chi connectivity index (χ0n) is 10.4. The van der Waals surface area contributed by atoms with E-state index in [1.807, 2.05) is 0 Å². The van der Waals surface area contributed by atoms with Gasteiger partial charge in [-0.25, -0.2) is 13.1 Å². The quantitative estimate of drug-likeness (QED) is 0.757. The highest BCUT2D eigenvalue weighted by molar-refractivity contribution is 9.10. The number of aromatic nitrogens is 1. The van der Waals surface area contributed by atoms with Crippen LogP contribution in [0.25, 0.3) is 0 Å². The third-order valence-electron chi connectivity index (χ3n) is 3.54. The molecule has 19 heavy (non-hydrogen) atoms. The minimum absolute atomic E-state index is 0.204. The standard InChI is InChI=1S/C12H16Br2N2O2S/c13-5-9-2-1-3-10(9)6-16-19(17,18)12-4-11(14)7-15-8-12/h4,7-10,16H,1-3,5-6H2. The lowest BCUT2D eigenvalue weighted by atomic mass is 9.99. The first-order chi connectivity index (χ1) is 9.03. The highest BCUT2D eigenvalue weighted by atomic mass is 79.9. The number of halogens is 2. The molecular formula is C12H16Br2N2O2S. The van der Waals surface area contributed by atoms with Gasteiger partial charge in [-0.05, 0) is 46.7 Å². The van der Waals surface area contributed by atoms with Gasteiger partial charge in [0, 0.05) is 28.7 Å². The maximum atomic E-state index is 12.2. The van der Waals surface area contributed by atoms with Crippen LogP contribution in [0.2, 0.25) is 0 Å². The summed E-state index contributed by atoms with van der Waals surface area (Å²) < 4.78 is 27.7. The molecule has 2 atom stereocenters. The average molecular weight is 412 g/mol. The largest absolute Gasteiger partial charge is 0.262 e. The van der Waals surface area contributed by atoms with Crippen molar-refractivity contribution in [1.82, 2.24) is 9.71 Å². The Morgan fingerprint density at radius 2 is 2.05 bits per heavy atom. The number of hydrogen-bond donors (Lipinski definition) is 1. The van der Waals surface area contributed by atoms with Gasteiger partial charge in [0.2, 0.25) is 10.0 Å². The second-order valence-electron chi connectivity index (χ2n) is 4.80. The van der Waals surface area contributed by atoms with Crippen LogP contribution in [-0.2, 0) is 10.0 Å². The molecule has 0 bridgehead atoms. The number of pyridine rings is 1. The highest BCUT2D eigenvalue weighted by Gasteiger charge is 2.27. The first-order valence-electron chi connectivity index (χ1n) is 6.19. The second-order valence-corrected chi connectivity index (χ2v) is 8.13. The molecule has 2 unspecified atom stereocenters. The van der Waals surface area contributed by atoms with E-state index < -0.39 is 10.0 Å². The zero-order chi connectivity index (χ0) is 13.9. The van der Waals surface area contributed by atoms with Crippen LogP contribution < -0.4 is 4.72 Å². The first-order valence-corrected chi connectivity index (χ1v) is 9.59. The van der Waals surface area contributed by atoms with Crippen molar-refractivity contribution in [3.05, 3.63) is 22.9 Å². The number of nitrogens with one attached hydrogen (secondary N) is 1. The molecule has 0 aliphatic heterocycles. The van der Waals surface area contributed by atoms with Crippen molar-refractivity contribution < 1.29 is 8.42 Å². The number of nitrogens with zero attached hydrogens (tertiary/aromatic N) is 1. The Kier molecular flexibility index (Phi) is 5.39. The van der Waals surface area contributed by atoms with E-state index in [9.17, 15) is 8.42 Å². The highest BCUT2D eigenvalue weighted by Crippen LogP contribution is 2.32. The fraction of sp³-hybridized carbons (Fsp3) is 0.583. The Morgan fingerprint density at radius 3 is 2.74 bits per heavy atom. The molecule has 1 heterocycles. The molecular weight excluding hydrogens is 396 g/mol. The Hall–Kier alpha value is 0.0200. The van der Waals surface area contributed by atoms with E-state index in [-0.39, 0.29) is 4.90 Å². The fourth-order valence-electron chi connectivity index (χ4n) is 2.42. The smallest absolute Gasteiger partial charge is 0.242 e. The molecule has 0 aromatic carbocycles. The fourth-order valence-corrected chi connectivity index (χ4v) is 4.88. The summed E-state index contributed by atoms with van der Waals surface area (Å²) in [5, 5.41) is 0.942. The number of hydrogen-bond acceptors (Lipinski definition) is 3. The Labute approximate surface area is 130 Å². The summed E-state index contributed by atoms with van der Waals surface area (Å²) in [6.07, 6.45) is 6.38. The van der Waals surface area contributed by atoms with Crippen molar-refractivity contribution in [2.45, 2.75) is 24.2 Å². The van der Waals surface area contributed by atoms with Gasteiger partial charge in [-0.3, -0.25) is 4.98 Å². The summed E-state index contributed by atoms with van der Waals surface area (Å²) in [6, 6.07) is 1.56. The Morgan fingerprint density at radius 1 is 1.32 bits per heavy atom. The van der Waals surface area contributed by atoms with E-state index in [0.717, 1.165) is 11.8 Å². The summed E-state index contributed by atoms with van der Waals surface area (Å²) in [6.45, 7) is 0.505. The molecule has 1 aromatic heterocycles. The molecule has 2 rings (SSSR count). The molecule has 1 fully saturated rings. The Bertz CT molecular complexity index is 536. The predicted molar refractivity (Wildman–Crippen MR) is 81.8 cm³/mol. The van der Waals surface area contributed by atoms with Crippen LogP contribution in [-0.4, -0.2) is 25.3 Å².